The van der Waals surface area contributed by atoms with E-state index in [1.54, 1.807) is 12.1 Å². The molecule has 0 unspecified atom stereocenters. The molecular formula is C24H26FN3O. The van der Waals surface area contributed by atoms with Gasteiger partial charge >= 0.3 is 0 Å². The summed E-state index contributed by atoms with van der Waals surface area (Å²) in [6, 6.07) is 12.5. The summed E-state index contributed by atoms with van der Waals surface area (Å²) in [5, 5.41) is 1.39. The lowest BCUT2D eigenvalue weighted by Gasteiger charge is -2.30. The fourth-order valence-corrected chi connectivity index (χ4v) is 4.90. The minimum Gasteiger partial charge on any atom is -0.371 e. The first-order valence-electron chi connectivity index (χ1n) is 10.5. The SMILES string of the molecule is CN1CCn2c3c(c4cccc1c42)CN(CCCC(=O)c1ccc(F)cc1)CC3. The van der Waals surface area contributed by atoms with Gasteiger partial charge in [0.25, 0.3) is 0 Å². The quantitative estimate of drug-likeness (QED) is 0.609. The molecule has 3 aromatic rings. The molecule has 3 heterocycles. The lowest BCUT2D eigenvalue weighted by Crippen LogP contribution is -2.33. The molecule has 150 valence electrons. The number of halogens is 1. The van der Waals surface area contributed by atoms with E-state index in [1.807, 2.05) is 0 Å². The van der Waals surface area contributed by atoms with Crippen molar-refractivity contribution in [3.63, 3.8) is 0 Å². The smallest absolute Gasteiger partial charge is 0.162 e. The van der Waals surface area contributed by atoms with Crippen LogP contribution in [0.4, 0.5) is 10.1 Å². The van der Waals surface area contributed by atoms with E-state index in [2.05, 4.69) is 39.6 Å². The Kier molecular flexibility index (Phi) is 4.63. The Hall–Kier alpha value is -2.66. The molecule has 5 heteroatoms. The molecule has 1 aromatic heterocycles. The molecule has 0 saturated carbocycles. The highest BCUT2D eigenvalue weighted by molar-refractivity contribution is 5.97. The van der Waals surface area contributed by atoms with E-state index in [4.69, 9.17) is 0 Å². The average molecular weight is 391 g/mol. The van der Waals surface area contributed by atoms with Gasteiger partial charge in [0.2, 0.25) is 0 Å². The van der Waals surface area contributed by atoms with Crippen LogP contribution in [0.3, 0.4) is 0 Å². The van der Waals surface area contributed by atoms with Crippen molar-refractivity contribution in [2.45, 2.75) is 32.4 Å². The van der Waals surface area contributed by atoms with Crippen LogP contribution in [0.5, 0.6) is 0 Å². The molecule has 0 aliphatic carbocycles. The highest BCUT2D eigenvalue weighted by Gasteiger charge is 2.27. The Morgan fingerprint density at radius 3 is 2.72 bits per heavy atom. The highest BCUT2D eigenvalue weighted by atomic mass is 19.1. The first kappa shape index (κ1) is 18.4. The van der Waals surface area contributed by atoms with Crippen molar-refractivity contribution in [1.82, 2.24) is 9.47 Å². The third-order valence-electron chi connectivity index (χ3n) is 6.45. The third-order valence-corrected chi connectivity index (χ3v) is 6.45. The van der Waals surface area contributed by atoms with Gasteiger partial charge < -0.3 is 9.47 Å². The van der Waals surface area contributed by atoms with Crippen LogP contribution in [0.25, 0.3) is 10.9 Å². The number of aromatic nitrogens is 1. The van der Waals surface area contributed by atoms with Crippen molar-refractivity contribution < 1.29 is 9.18 Å². The van der Waals surface area contributed by atoms with Gasteiger partial charge in [-0.3, -0.25) is 9.69 Å². The highest BCUT2D eigenvalue weighted by Crippen LogP contribution is 2.38. The zero-order valence-electron chi connectivity index (χ0n) is 16.8. The molecule has 29 heavy (non-hydrogen) atoms. The fourth-order valence-electron chi connectivity index (χ4n) is 4.90. The minimum absolute atomic E-state index is 0.0953. The van der Waals surface area contributed by atoms with Gasteiger partial charge in [-0.05, 0) is 48.9 Å². The Bertz CT molecular complexity index is 1070. The van der Waals surface area contributed by atoms with Crippen molar-refractivity contribution in [2.24, 2.45) is 0 Å². The summed E-state index contributed by atoms with van der Waals surface area (Å²) in [6.07, 6.45) is 2.41. The van der Waals surface area contributed by atoms with E-state index in [9.17, 15) is 9.18 Å². The summed E-state index contributed by atoms with van der Waals surface area (Å²) in [5.74, 6) is -0.207. The number of ketones is 1. The van der Waals surface area contributed by atoms with Crippen LogP contribution in [0.2, 0.25) is 0 Å². The van der Waals surface area contributed by atoms with Gasteiger partial charge in [-0.2, -0.15) is 0 Å². The Morgan fingerprint density at radius 1 is 1.07 bits per heavy atom. The van der Waals surface area contributed by atoms with Crippen LogP contribution in [-0.4, -0.2) is 41.9 Å². The summed E-state index contributed by atoms with van der Waals surface area (Å²) >= 11 is 0. The molecule has 0 amide bonds. The second kappa shape index (κ2) is 7.30. The van der Waals surface area contributed by atoms with Crippen molar-refractivity contribution in [2.75, 3.05) is 31.6 Å². The van der Waals surface area contributed by atoms with Crippen LogP contribution in [0.1, 0.15) is 34.5 Å². The largest absolute Gasteiger partial charge is 0.371 e. The summed E-state index contributed by atoms with van der Waals surface area (Å²) in [7, 11) is 2.18. The number of hydrogen-bond donors (Lipinski definition) is 0. The summed E-state index contributed by atoms with van der Waals surface area (Å²) < 4.78 is 15.6. The monoisotopic (exact) mass is 391 g/mol. The van der Waals surface area contributed by atoms with E-state index in [0.717, 1.165) is 45.6 Å². The zero-order chi connectivity index (χ0) is 20.0. The standard InChI is InChI=1S/C24H26FN3O/c1-26-14-15-28-21-11-13-27(16-20(21)19-4-2-5-22(26)24(19)28)12-3-6-23(29)17-7-9-18(25)10-8-17/h2,4-5,7-10H,3,6,11-16H2,1H3. The molecule has 0 N–H and O–H groups in total. The number of rotatable bonds is 5. The normalized spacial score (nSPS) is 16.3. The topological polar surface area (TPSA) is 28.5 Å². The maximum Gasteiger partial charge on any atom is 0.162 e. The van der Waals surface area contributed by atoms with Crippen LogP contribution in [0.15, 0.2) is 42.5 Å². The molecule has 5 rings (SSSR count). The van der Waals surface area contributed by atoms with E-state index < -0.39 is 0 Å². The van der Waals surface area contributed by atoms with Gasteiger partial charge in [0, 0.05) is 62.7 Å². The maximum absolute atomic E-state index is 13.0. The van der Waals surface area contributed by atoms with Crippen molar-refractivity contribution in [1.29, 1.82) is 0 Å². The first-order chi connectivity index (χ1) is 14.1. The minimum atomic E-state index is -0.303. The Morgan fingerprint density at radius 2 is 1.90 bits per heavy atom. The molecule has 2 aromatic carbocycles. The van der Waals surface area contributed by atoms with Crippen LogP contribution in [-0.2, 0) is 19.5 Å². The predicted octanol–water partition coefficient (Wildman–Crippen LogP) is 4.25. The number of carbonyl (C=O) groups is 1. The van der Waals surface area contributed by atoms with Crippen LogP contribution >= 0.6 is 0 Å². The van der Waals surface area contributed by atoms with Crippen molar-refractivity contribution >= 4 is 22.4 Å². The Balaban J connectivity index is 1.28. The number of carbonyl (C=O) groups excluding carboxylic acids is 1. The second-order valence-corrected chi connectivity index (χ2v) is 8.23. The average Bonchev–Trinajstić information content (AvgIpc) is 3.06. The van der Waals surface area contributed by atoms with Gasteiger partial charge in [0.05, 0.1) is 11.2 Å². The molecule has 0 saturated heterocycles. The number of fused-ring (bicyclic) bond motifs is 3. The number of Topliss-reactive ketones (excluding diaryl/α,β-unsaturated/α-hetero) is 1. The lowest BCUT2D eigenvalue weighted by molar-refractivity contribution is 0.0973. The van der Waals surface area contributed by atoms with Gasteiger partial charge in [0.1, 0.15) is 5.82 Å². The van der Waals surface area contributed by atoms with E-state index >= 15 is 0 Å². The van der Waals surface area contributed by atoms with Gasteiger partial charge in [-0.1, -0.05) is 12.1 Å². The summed E-state index contributed by atoms with van der Waals surface area (Å²) in [5.41, 5.74) is 6.29. The van der Waals surface area contributed by atoms with Gasteiger partial charge in [-0.15, -0.1) is 0 Å². The number of para-hydroxylation sites is 1. The molecule has 4 nitrogen and oxygen atoms in total. The number of hydrogen-bond acceptors (Lipinski definition) is 3. The van der Waals surface area contributed by atoms with E-state index in [-0.39, 0.29) is 11.6 Å². The first-order valence-corrected chi connectivity index (χ1v) is 10.5. The lowest BCUT2D eigenvalue weighted by atomic mass is 10.0. The van der Waals surface area contributed by atoms with Crippen LogP contribution < -0.4 is 4.90 Å². The zero-order valence-corrected chi connectivity index (χ0v) is 16.8. The fraction of sp³-hybridized carbons (Fsp3) is 0.375. The van der Waals surface area contributed by atoms with Crippen molar-refractivity contribution in [3.05, 3.63) is 65.1 Å². The molecule has 0 spiro atoms. The second-order valence-electron chi connectivity index (χ2n) is 8.23. The summed E-state index contributed by atoms with van der Waals surface area (Å²) in [4.78, 5) is 17.2. The third kappa shape index (κ3) is 3.23. The molecule has 0 atom stereocenters. The molecular weight excluding hydrogens is 365 g/mol. The number of anilines is 1. The maximum atomic E-state index is 13.0. The molecule has 0 fully saturated rings. The summed E-state index contributed by atoms with van der Waals surface area (Å²) in [6.45, 7) is 5.03. The number of nitrogens with zero attached hydrogens (tertiary/aromatic N) is 3. The van der Waals surface area contributed by atoms with Gasteiger partial charge in [0.15, 0.2) is 5.78 Å². The molecule has 2 aliphatic heterocycles. The van der Waals surface area contributed by atoms with Crippen LogP contribution in [0, 0.1) is 5.82 Å². The van der Waals surface area contributed by atoms with Gasteiger partial charge in [-0.25, -0.2) is 4.39 Å². The van der Waals surface area contributed by atoms with Crippen molar-refractivity contribution in [3.8, 4) is 0 Å². The number of benzene rings is 2. The molecule has 2 aliphatic rings. The molecule has 0 radical (unpaired) electrons. The van der Waals surface area contributed by atoms with E-state index in [0.29, 0.717) is 12.0 Å². The van der Waals surface area contributed by atoms with E-state index in [1.165, 1.54) is 40.0 Å². The number of likely N-dealkylation sites (N-methyl/N-ethyl adjacent to an activating group) is 1. The predicted molar refractivity (Wildman–Crippen MR) is 114 cm³/mol. The molecule has 0 bridgehead atoms. The Labute approximate surface area is 170 Å².